The van der Waals surface area contributed by atoms with E-state index in [1.807, 2.05) is 6.07 Å². The molecule has 2 aromatic rings. The third-order valence-electron chi connectivity index (χ3n) is 1.49. The second-order valence-electron chi connectivity index (χ2n) is 2.25. The lowest BCUT2D eigenvalue weighted by Gasteiger charge is -1.88. The highest BCUT2D eigenvalue weighted by atomic mass is 32.1. The highest BCUT2D eigenvalue weighted by molar-refractivity contribution is 7.11. The Morgan fingerprint density at radius 1 is 1.58 bits per heavy atom. The Morgan fingerprint density at radius 3 is 3.17 bits per heavy atom. The molecule has 0 aliphatic rings. The third-order valence-corrected chi connectivity index (χ3v) is 2.17. The highest BCUT2D eigenvalue weighted by Crippen LogP contribution is 2.23. The molecular formula is C7H4N4S. The number of aromatic nitrogens is 2. The molecule has 0 atom stereocenters. The summed E-state index contributed by atoms with van der Waals surface area (Å²) in [5, 5.41) is 9.95. The number of rotatable bonds is 0. The minimum Gasteiger partial charge on any atom is -0.389 e. The molecule has 4 nitrogen and oxygen atoms in total. The van der Waals surface area contributed by atoms with Crippen LogP contribution in [0.3, 0.4) is 0 Å². The van der Waals surface area contributed by atoms with Crippen molar-refractivity contribution in [3.05, 3.63) is 17.8 Å². The van der Waals surface area contributed by atoms with Crippen molar-refractivity contribution in [3.63, 3.8) is 0 Å². The first-order valence-electron chi connectivity index (χ1n) is 3.22. The Kier molecular flexibility index (Phi) is 1.42. The van der Waals surface area contributed by atoms with Crippen LogP contribution in [0.1, 0.15) is 5.56 Å². The van der Waals surface area contributed by atoms with Crippen LogP contribution in [-0.4, -0.2) is 9.36 Å². The Bertz CT molecular complexity index is 468. The maximum Gasteiger partial charge on any atom is 0.175 e. The molecule has 0 spiro atoms. The van der Waals surface area contributed by atoms with Gasteiger partial charge in [-0.15, -0.1) is 0 Å². The van der Waals surface area contributed by atoms with E-state index in [1.165, 1.54) is 17.7 Å². The van der Waals surface area contributed by atoms with Gasteiger partial charge >= 0.3 is 0 Å². The summed E-state index contributed by atoms with van der Waals surface area (Å²) in [4.78, 5) is 3.97. The molecule has 0 saturated heterocycles. The quantitative estimate of drug-likeness (QED) is 0.653. The maximum absolute atomic E-state index is 8.58. The van der Waals surface area contributed by atoms with E-state index in [4.69, 9.17) is 11.0 Å². The minimum absolute atomic E-state index is 0.509. The summed E-state index contributed by atoms with van der Waals surface area (Å²) >= 11 is 1.19. The third kappa shape index (κ3) is 0.898. The van der Waals surface area contributed by atoms with Gasteiger partial charge < -0.3 is 5.73 Å². The van der Waals surface area contributed by atoms with Gasteiger partial charge in [0.1, 0.15) is 11.1 Å². The highest BCUT2D eigenvalue weighted by Gasteiger charge is 2.03. The first-order chi connectivity index (χ1) is 5.81. The fourth-order valence-electron chi connectivity index (χ4n) is 0.914. The molecule has 2 aromatic heterocycles. The molecule has 2 N–H and O–H groups in total. The summed E-state index contributed by atoms with van der Waals surface area (Å²) in [5.74, 6) is 0. The fourth-order valence-corrected chi connectivity index (χ4v) is 1.49. The molecule has 0 radical (unpaired) electrons. The molecule has 5 heteroatoms. The standard InChI is InChI=1S/C7H4N4S/c8-2-4-1-5-6(9)12-11-7(5)10-3-4/h1,3H,9H2. The van der Waals surface area contributed by atoms with Gasteiger partial charge in [0.25, 0.3) is 0 Å². The summed E-state index contributed by atoms with van der Waals surface area (Å²) in [6.45, 7) is 0. The van der Waals surface area contributed by atoms with E-state index in [-0.39, 0.29) is 0 Å². The van der Waals surface area contributed by atoms with Crippen LogP contribution in [0.5, 0.6) is 0 Å². The molecular weight excluding hydrogens is 172 g/mol. The van der Waals surface area contributed by atoms with E-state index in [9.17, 15) is 0 Å². The van der Waals surface area contributed by atoms with Gasteiger partial charge in [-0.3, -0.25) is 0 Å². The van der Waals surface area contributed by atoms with Gasteiger partial charge in [-0.1, -0.05) is 0 Å². The summed E-state index contributed by atoms with van der Waals surface area (Å²) < 4.78 is 3.99. The van der Waals surface area contributed by atoms with Crippen LogP contribution < -0.4 is 5.73 Å². The van der Waals surface area contributed by atoms with Gasteiger partial charge in [0, 0.05) is 6.20 Å². The lowest BCUT2D eigenvalue weighted by Crippen LogP contribution is -1.82. The molecule has 0 fully saturated rings. The van der Waals surface area contributed by atoms with Gasteiger partial charge in [-0.2, -0.15) is 9.64 Å². The first kappa shape index (κ1) is 7.00. The number of pyridine rings is 1. The smallest absolute Gasteiger partial charge is 0.175 e. The Hall–Kier alpha value is -1.67. The van der Waals surface area contributed by atoms with Crippen molar-refractivity contribution in [2.45, 2.75) is 0 Å². The molecule has 2 heterocycles. The summed E-state index contributed by atoms with van der Waals surface area (Å²) in [6.07, 6.45) is 1.49. The zero-order valence-electron chi connectivity index (χ0n) is 5.98. The zero-order valence-corrected chi connectivity index (χ0v) is 6.80. The second-order valence-corrected chi connectivity index (χ2v) is 3.06. The first-order valence-corrected chi connectivity index (χ1v) is 3.99. The van der Waals surface area contributed by atoms with E-state index >= 15 is 0 Å². The van der Waals surface area contributed by atoms with Crippen molar-refractivity contribution in [1.29, 1.82) is 5.26 Å². The van der Waals surface area contributed by atoms with Gasteiger partial charge in [-0.25, -0.2) is 4.98 Å². The topological polar surface area (TPSA) is 75.6 Å². The SMILES string of the molecule is N#Cc1cnc2nsc(N)c2c1. The maximum atomic E-state index is 8.58. The second kappa shape index (κ2) is 2.43. The van der Waals surface area contributed by atoms with Crippen LogP contribution >= 0.6 is 11.5 Å². The van der Waals surface area contributed by atoms with E-state index in [2.05, 4.69) is 9.36 Å². The van der Waals surface area contributed by atoms with E-state index in [1.54, 1.807) is 6.07 Å². The van der Waals surface area contributed by atoms with Crippen LogP contribution in [0.15, 0.2) is 12.3 Å². The Labute approximate surface area is 72.4 Å². The summed E-state index contributed by atoms with van der Waals surface area (Å²) in [7, 11) is 0. The molecule has 0 aromatic carbocycles. The van der Waals surface area contributed by atoms with Crippen molar-refractivity contribution < 1.29 is 0 Å². The van der Waals surface area contributed by atoms with E-state index in [0.717, 1.165) is 5.39 Å². The van der Waals surface area contributed by atoms with Crippen LogP contribution in [-0.2, 0) is 0 Å². The lowest BCUT2D eigenvalue weighted by atomic mass is 10.2. The van der Waals surface area contributed by atoms with Gasteiger partial charge in [-0.05, 0) is 17.6 Å². The fraction of sp³-hybridized carbons (Fsp3) is 0. The minimum atomic E-state index is 0.509. The number of hydrogen-bond donors (Lipinski definition) is 1. The zero-order chi connectivity index (χ0) is 8.55. The predicted molar refractivity (Wildman–Crippen MR) is 46.5 cm³/mol. The number of fused-ring (bicyclic) bond motifs is 1. The molecule has 12 heavy (non-hydrogen) atoms. The normalized spacial score (nSPS) is 9.92. The molecule has 2 rings (SSSR count). The Morgan fingerprint density at radius 2 is 2.42 bits per heavy atom. The average molecular weight is 176 g/mol. The Balaban J connectivity index is 2.82. The number of hydrogen-bond acceptors (Lipinski definition) is 5. The summed E-state index contributed by atoms with van der Waals surface area (Å²) in [5.41, 5.74) is 6.72. The number of anilines is 1. The van der Waals surface area contributed by atoms with Gasteiger partial charge in [0.05, 0.1) is 10.9 Å². The molecule has 0 unspecified atom stereocenters. The number of nitrogen functional groups attached to an aromatic ring is 1. The van der Waals surface area contributed by atoms with Crippen LogP contribution in [0.2, 0.25) is 0 Å². The van der Waals surface area contributed by atoms with Crippen molar-refractivity contribution in [2.75, 3.05) is 5.73 Å². The monoisotopic (exact) mass is 176 g/mol. The number of nitrogens with two attached hydrogens (primary N) is 1. The lowest BCUT2D eigenvalue weighted by molar-refractivity contribution is 1.34. The molecule has 0 bridgehead atoms. The molecule has 0 aliphatic heterocycles. The van der Waals surface area contributed by atoms with Crippen LogP contribution in [0.25, 0.3) is 11.0 Å². The van der Waals surface area contributed by atoms with Crippen LogP contribution in [0.4, 0.5) is 5.00 Å². The molecule has 0 saturated carbocycles. The van der Waals surface area contributed by atoms with Crippen molar-refractivity contribution >= 4 is 27.6 Å². The predicted octanol–water partition coefficient (Wildman–Crippen LogP) is 1.15. The number of nitriles is 1. The van der Waals surface area contributed by atoms with Crippen LogP contribution in [0, 0.1) is 11.3 Å². The van der Waals surface area contributed by atoms with E-state index in [0.29, 0.717) is 16.2 Å². The van der Waals surface area contributed by atoms with Gasteiger partial charge in [0.2, 0.25) is 0 Å². The van der Waals surface area contributed by atoms with Crippen molar-refractivity contribution in [1.82, 2.24) is 9.36 Å². The average Bonchev–Trinajstić information content (AvgIpc) is 2.47. The van der Waals surface area contributed by atoms with Crippen molar-refractivity contribution in [3.8, 4) is 6.07 Å². The van der Waals surface area contributed by atoms with Crippen molar-refractivity contribution in [2.24, 2.45) is 0 Å². The van der Waals surface area contributed by atoms with Gasteiger partial charge in [0.15, 0.2) is 5.65 Å². The number of nitrogens with zero attached hydrogens (tertiary/aromatic N) is 3. The summed E-state index contributed by atoms with van der Waals surface area (Å²) in [6, 6.07) is 3.69. The molecule has 0 amide bonds. The molecule has 0 aliphatic carbocycles. The largest absolute Gasteiger partial charge is 0.389 e. The molecule has 58 valence electrons. The van der Waals surface area contributed by atoms with E-state index < -0.39 is 0 Å².